The van der Waals surface area contributed by atoms with Gasteiger partial charge in [-0.25, -0.2) is 4.79 Å². The van der Waals surface area contributed by atoms with Gasteiger partial charge in [-0.15, -0.1) is 0 Å². The molecule has 1 fully saturated rings. The summed E-state index contributed by atoms with van der Waals surface area (Å²) in [6.45, 7) is 0. The molecule has 0 spiro atoms. The van der Waals surface area contributed by atoms with Gasteiger partial charge in [-0.3, -0.25) is 4.90 Å². The van der Waals surface area contributed by atoms with E-state index in [9.17, 15) is 4.79 Å². The van der Waals surface area contributed by atoms with Crippen LogP contribution in [0.5, 0.6) is 0 Å². The Bertz CT molecular complexity index is 99.9. The van der Waals surface area contributed by atoms with Crippen molar-refractivity contribution in [3.63, 3.8) is 0 Å². The standard InChI is InChI=1S/C4H7NO2/c1-5(2)3-4(6)7-3/h3H,1-2H3. The van der Waals surface area contributed by atoms with Crippen LogP contribution in [0.3, 0.4) is 0 Å². The Hall–Kier alpha value is -0.570. The zero-order valence-corrected chi connectivity index (χ0v) is 4.34. The Morgan fingerprint density at radius 1 is 1.71 bits per heavy atom. The van der Waals surface area contributed by atoms with Crippen molar-refractivity contribution in [1.29, 1.82) is 0 Å². The number of epoxide rings is 1. The largest absolute Gasteiger partial charge is 0.431 e. The third kappa shape index (κ3) is 0.718. The molecule has 0 radical (unpaired) electrons. The number of carbonyl (C=O) groups excluding carboxylic acids is 1. The van der Waals surface area contributed by atoms with Crippen molar-refractivity contribution in [2.45, 2.75) is 6.23 Å². The summed E-state index contributed by atoms with van der Waals surface area (Å²) in [4.78, 5) is 11.8. The first kappa shape index (κ1) is 4.59. The van der Waals surface area contributed by atoms with Crippen LogP contribution < -0.4 is 0 Å². The molecule has 0 aromatic heterocycles. The van der Waals surface area contributed by atoms with Crippen LogP contribution in [-0.2, 0) is 9.53 Å². The van der Waals surface area contributed by atoms with E-state index in [0.29, 0.717) is 0 Å². The lowest BCUT2D eigenvalue weighted by Crippen LogP contribution is -2.15. The first-order chi connectivity index (χ1) is 3.22. The van der Waals surface area contributed by atoms with Crippen molar-refractivity contribution in [2.75, 3.05) is 14.1 Å². The van der Waals surface area contributed by atoms with Crippen LogP contribution >= 0.6 is 0 Å². The van der Waals surface area contributed by atoms with Crippen LogP contribution in [0.15, 0.2) is 0 Å². The Morgan fingerprint density at radius 3 is 2.14 bits per heavy atom. The highest BCUT2D eigenvalue weighted by Gasteiger charge is 2.39. The van der Waals surface area contributed by atoms with Gasteiger partial charge in [0.15, 0.2) is 0 Å². The fourth-order valence-electron chi connectivity index (χ4n) is 0.392. The molecule has 7 heavy (non-hydrogen) atoms. The minimum Gasteiger partial charge on any atom is -0.431 e. The van der Waals surface area contributed by atoms with Crippen molar-refractivity contribution >= 4 is 5.97 Å². The number of carbonyl (C=O) groups is 1. The number of hydrogen-bond donors (Lipinski definition) is 0. The molecule has 1 aliphatic heterocycles. The van der Waals surface area contributed by atoms with Crippen molar-refractivity contribution < 1.29 is 9.53 Å². The molecule has 0 aromatic rings. The topological polar surface area (TPSA) is 32.8 Å². The molecule has 3 nitrogen and oxygen atoms in total. The maximum absolute atomic E-state index is 10.1. The van der Waals surface area contributed by atoms with Gasteiger partial charge in [0.1, 0.15) is 0 Å². The molecule has 0 aromatic carbocycles. The molecule has 0 amide bonds. The summed E-state index contributed by atoms with van der Waals surface area (Å²) >= 11 is 0. The molecular formula is C4H7NO2. The molecule has 1 heterocycles. The van der Waals surface area contributed by atoms with E-state index in [0.717, 1.165) is 0 Å². The lowest BCUT2D eigenvalue weighted by Gasteiger charge is -1.96. The first-order valence-electron chi connectivity index (χ1n) is 2.09. The molecule has 1 saturated heterocycles. The van der Waals surface area contributed by atoms with Crippen molar-refractivity contribution in [3.8, 4) is 0 Å². The second-order valence-electron chi connectivity index (χ2n) is 1.75. The molecule has 0 N–H and O–H groups in total. The summed E-state index contributed by atoms with van der Waals surface area (Å²) in [6, 6.07) is 0. The van der Waals surface area contributed by atoms with E-state index in [2.05, 4.69) is 4.74 Å². The predicted molar refractivity (Wildman–Crippen MR) is 23.6 cm³/mol. The fraction of sp³-hybridized carbons (Fsp3) is 0.750. The number of rotatable bonds is 1. The van der Waals surface area contributed by atoms with Crippen molar-refractivity contribution in [1.82, 2.24) is 4.90 Å². The first-order valence-corrected chi connectivity index (χ1v) is 2.09. The molecule has 1 atom stereocenters. The summed E-state index contributed by atoms with van der Waals surface area (Å²) in [5, 5.41) is 0. The average molecular weight is 101 g/mol. The Labute approximate surface area is 41.9 Å². The summed E-state index contributed by atoms with van der Waals surface area (Å²) in [5.41, 5.74) is 0. The maximum Gasteiger partial charge on any atom is 0.365 e. The van der Waals surface area contributed by atoms with Crippen LogP contribution in [0.2, 0.25) is 0 Å². The van der Waals surface area contributed by atoms with Crippen molar-refractivity contribution in [3.05, 3.63) is 0 Å². The van der Waals surface area contributed by atoms with E-state index in [-0.39, 0.29) is 12.2 Å². The minimum atomic E-state index is -0.236. The third-order valence-corrected chi connectivity index (χ3v) is 0.841. The number of nitrogens with zero attached hydrogens (tertiary/aromatic N) is 1. The SMILES string of the molecule is CN(C)C1OC1=O. The second-order valence-corrected chi connectivity index (χ2v) is 1.75. The molecule has 1 unspecified atom stereocenters. The van der Waals surface area contributed by atoms with Gasteiger partial charge in [0.25, 0.3) is 6.23 Å². The smallest absolute Gasteiger partial charge is 0.365 e. The molecule has 40 valence electrons. The second kappa shape index (κ2) is 1.20. The Morgan fingerprint density at radius 2 is 2.14 bits per heavy atom. The minimum absolute atomic E-state index is 0.120. The zero-order valence-electron chi connectivity index (χ0n) is 4.34. The fourth-order valence-corrected chi connectivity index (χ4v) is 0.392. The molecule has 3 heteroatoms. The Kier molecular flexibility index (Phi) is 0.785. The third-order valence-electron chi connectivity index (χ3n) is 0.841. The van der Waals surface area contributed by atoms with E-state index < -0.39 is 0 Å². The van der Waals surface area contributed by atoms with E-state index in [4.69, 9.17) is 0 Å². The Balaban J connectivity index is 2.33. The summed E-state index contributed by atoms with van der Waals surface area (Å²) in [6.07, 6.45) is -0.236. The van der Waals surface area contributed by atoms with Gasteiger partial charge in [-0.1, -0.05) is 0 Å². The number of ether oxygens (including phenoxy) is 1. The molecule has 0 bridgehead atoms. The molecule has 0 saturated carbocycles. The van der Waals surface area contributed by atoms with Gasteiger partial charge in [0, 0.05) is 0 Å². The highest BCUT2D eigenvalue weighted by molar-refractivity contribution is 5.86. The van der Waals surface area contributed by atoms with Crippen molar-refractivity contribution in [2.24, 2.45) is 0 Å². The van der Waals surface area contributed by atoms with Crippen LogP contribution in [0.4, 0.5) is 0 Å². The molecule has 1 aliphatic rings. The van der Waals surface area contributed by atoms with Gasteiger partial charge < -0.3 is 4.74 Å². The van der Waals surface area contributed by atoms with Crippen LogP contribution in [0.1, 0.15) is 0 Å². The van der Waals surface area contributed by atoms with Crippen LogP contribution in [0, 0.1) is 0 Å². The van der Waals surface area contributed by atoms with E-state index >= 15 is 0 Å². The van der Waals surface area contributed by atoms with E-state index in [1.165, 1.54) is 0 Å². The predicted octanol–water partition coefficient (Wildman–Crippen LogP) is -0.569. The van der Waals surface area contributed by atoms with Crippen LogP contribution in [-0.4, -0.2) is 31.2 Å². The van der Waals surface area contributed by atoms with Crippen LogP contribution in [0.25, 0.3) is 0 Å². The lowest BCUT2D eigenvalue weighted by molar-refractivity contribution is -0.117. The monoisotopic (exact) mass is 101 g/mol. The molecule has 1 rings (SSSR count). The molecule has 0 aliphatic carbocycles. The normalized spacial score (nSPS) is 27.9. The van der Waals surface area contributed by atoms with Gasteiger partial charge in [0.2, 0.25) is 0 Å². The lowest BCUT2D eigenvalue weighted by atomic mass is 10.7. The average Bonchev–Trinajstić information content (AvgIpc) is 2.17. The van der Waals surface area contributed by atoms with Gasteiger partial charge >= 0.3 is 5.97 Å². The number of hydrogen-bond acceptors (Lipinski definition) is 3. The number of likely N-dealkylation sites (N-methyl/N-ethyl adjacent to an activating group) is 1. The van der Waals surface area contributed by atoms with Gasteiger partial charge in [0.05, 0.1) is 0 Å². The summed E-state index contributed by atoms with van der Waals surface area (Å²) < 4.78 is 4.47. The van der Waals surface area contributed by atoms with E-state index in [1.807, 2.05) is 0 Å². The van der Waals surface area contributed by atoms with E-state index in [1.54, 1.807) is 19.0 Å². The zero-order chi connectivity index (χ0) is 5.44. The molecular weight excluding hydrogens is 94.0 g/mol. The summed E-state index contributed by atoms with van der Waals surface area (Å²) in [7, 11) is 3.60. The maximum atomic E-state index is 10.1. The highest BCUT2D eigenvalue weighted by Crippen LogP contribution is 2.12. The quantitative estimate of drug-likeness (QED) is 0.415. The summed E-state index contributed by atoms with van der Waals surface area (Å²) in [5.74, 6) is -0.120. The van der Waals surface area contributed by atoms with Gasteiger partial charge in [-0.2, -0.15) is 0 Å². The van der Waals surface area contributed by atoms with Gasteiger partial charge in [-0.05, 0) is 14.1 Å². The number of cyclic esters (lactones) is 1. The highest BCUT2D eigenvalue weighted by atomic mass is 16.7.